The summed E-state index contributed by atoms with van der Waals surface area (Å²) in [6.07, 6.45) is 2.02. The number of hydrogen-bond donors (Lipinski definition) is 1. The molecule has 0 aliphatic rings. The van der Waals surface area contributed by atoms with Crippen molar-refractivity contribution in [1.82, 2.24) is 19.7 Å². The van der Waals surface area contributed by atoms with Gasteiger partial charge in [0.05, 0.1) is 10.9 Å². The van der Waals surface area contributed by atoms with Gasteiger partial charge in [-0.25, -0.2) is 0 Å². The Morgan fingerprint density at radius 3 is 2.65 bits per heavy atom. The van der Waals surface area contributed by atoms with E-state index in [1.807, 2.05) is 43.6 Å². The molecule has 2 aromatic heterocycles. The number of aryl methyl sites for hydroxylation is 1. The molecule has 0 aliphatic heterocycles. The molecule has 0 saturated heterocycles. The summed E-state index contributed by atoms with van der Waals surface area (Å²) in [4.78, 5) is 3.27. The van der Waals surface area contributed by atoms with Gasteiger partial charge in [0.1, 0.15) is 5.82 Å². The summed E-state index contributed by atoms with van der Waals surface area (Å²) in [6, 6.07) is 11.7. The van der Waals surface area contributed by atoms with E-state index in [0.29, 0.717) is 10.8 Å². The standard InChI is InChI=1S/C15H15ClN4/c1-10(13-8-5-9-20(13)2)14-17-15(19-18-14)11-6-3-4-7-12(11)16/h3-10H,1-2H3,(H,17,18,19). The second-order valence-electron chi connectivity index (χ2n) is 4.80. The Balaban J connectivity index is 1.95. The Morgan fingerprint density at radius 1 is 1.15 bits per heavy atom. The molecule has 1 unspecified atom stereocenters. The Kier molecular flexibility index (Phi) is 3.32. The molecule has 0 spiro atoms. The van der Waals surface area contributed by atoms with Gasteiger partial charge in [0, 0.05) is 24.5 Å². The van der Waals surface area contributed by atoms with Gasteiger partial charge < -0.3 is 9.55 Å². The molecule has 3 rings (SSSR count). The number of hydrogen-bond acceptors (Lipinski definition) is 2. The van der Waals surface area contributed by atoms with Crippen LogP contribution in [0.3, 0.4) is 0 Å². The van der Waals surface area contributed by atoms with E-state index in [-0.39, 0.29) is 5.92 Å². The van der Waals surface area contributed by atoms with E-state index in [1.54, 1.807) is 0 Å². The highest BCUT2D eigenvalue weighted by molar-refractivity contribution is 6.33. The van der Waals surface area contributed by atoms with Gasteiger partial charge >= 0.3 is 0 Å². The quantitative estimate of drug-likeness (QED) is 0.799. The van der Waals surface area contributed by atoms with Crippen molar-refractivity contribution >= 4 is 11.6 Å². The molecule has 0 bridgehead atoms. The molecule has 0 radical (unpaired) electrons. The number of rotatable bonds is 3. The molecule has 1 N–H and O–H groups in total. The highest BCUT2D eigenvalue weighted by Gasteiger charge is 2.16. The van der Waals surface area contributed by atoms with Crippen LogP contribution in [-0.2, 0) is 7.05 Å². The molecule has 0 saturated carbocycles. The first kappa shape index (κ1) is 12.9. The van der Waals surface area contributed by atoms with Gasteiger partial charge in [-0.15, -0.1) is 10.2 Å². The van der Waals surface area contributed by atoms with E-state index < -0.39 is 0 Å². The lowest BCUT2D eigenvalue weighted by atomic mass is 10.1. The molecule has 1 atom stereocenters. The van der Waals surface area contributed by atoms with E-state index in [4.69, 9.17) is 11.6 Å². The average Bonchev–Trinajstić information content (AvgIpc) is 3.07. The van der Waals surface area contributed by atoms with Gasteiger partial charge in [-0.3, -0.25) is 0 Å². The summed E-state index contributed by atoms with van der Waals surface area (Å²) in [5.74, 6) is 1.69. The van der Waals surface area contributed by atoms with Crippen molar-refractivity contribution < 1.29 is 0 Å². The zero-order chi connectivity index (χ0) is 14.1. The minimum absolute atomic E-state index is 0.152. The van der Waals surface area contributed by atoms with Crippen molar-refractivity contribution in [2.45, 2.75) is 12.8 Å². The van der Waals surface area contributed by atoms with Crippen molar-refractivity contribution in [1.29, 1.82) is 0 Å². The van der Waals surface area contributed by atoms with Gasteiger partial charge in [0.15, 0.2) is 5.82 Å². The fraction of sp³-hybridized carbons (Fsp3) is 0.200. The molecule has 0 fully saturated rings. The third-order valence-electron chi connectivity index (χ3n) is 3.47. The molecule has 3 aromatic rings. The second-order valence-corrected chi connectivity index (χ2v) is 5.21. The summed E-state index contributed by atoms with van der Waals surface area (Å²) >= 11 is 6.18. The molecular weight excluding hydrogens is 272 g/mol. The van der Waals surface area contributed by atoms with Crippen LogP contribution in [-0.4, -0.2) is 19.7 Å². The van der Waals surface area contributed by atoms with Crippen molar-refractivity contribution in [2.75, 3.05) is 0 Å². The Labute approximate surface area is 122 Å². The number of benzene rings is 1. The van der Waals surface area contributed by atoms with E-state index >= 15 is 0 Å². The predicted molar refractivity (Wildman–Crippen MR) is 79.8 cm³/mol. The summed E-state index contributed by atoms with van der Waals surface area (Å²) in [7, 11) is 2.02. The number of nitrogens with zero attached hydrogens (tertiary/aromatic N) is 3. The topological polar surface area (TPSA) is 46.5 Å². The molecular formula is C15H15ClN4. The van der Waals surface area contributed by atoms with Crippen LogP contribution >= 0.6 is 11.6 Å². The number of halogens is 1. The van der Waals surface area contributed by atoms with E-state index in [9.17, 15) is 0 Å². The fourth-order valence-electron chi connectivity index (χ4n) is 2.31. The largest absolute Gasteiger partial charge is 0.354 e. The van der Waals surface area contributed by atoms with Crippen LogP contribution in [0.15, 0.2) is 42.6 Å². The highest BCUT2D eigenvalue weighted by Crippen LogP contribution is 2.27. The Hall–Kier alpha value is -2.07. The molecule has 0 amide bonds. The van der Waals surface area contributed by atoms with Crippen LogP contribution in [0, 0.1) is 0 Å². The third-order valence-corrected chi connectivity index (χ3v) is 3.80. The minimum Gasteiger partial charge on any atom is -0.354 e. The van der Waals surface area contributed by atoms with E-state index in [1.165, 1.54) is 5.69 Å². The first-order valence-electron chi connectivity index (χ1n) is 6.45. The normalized spacial score (nSPS) is 12.6. The Bertz CT molecular complexity index is 729. The van der Waals surface area contributed by atoms with Gasteiger partial charge in [-0.1, -0.05) is 23.7 Å². The second kappa shape index (κ2) is 5.13. The molecule has 5 heteroatoms. The van der Waals surface area contributed by atoms with Gasteiger partial charge in [-0.2, -0.15) is 0 Å². The van der Waals surface area contributed by atoms with Crippen LogP contribution in [0.1, 0.15) is 24.4 Å². The molecule has 1 aromatic carbocycles. The Morgan fingerprint density at radius 2 is 1.95 bits per heavy atom. The molecule has 0 aliphatic carbocycles. The molecule has 102 valence electrons. The zero-order valence-corrected chi connectivity index (χ0v) is 12.1. The number of nitrogens with one attached hydrogen (secondary N) is 1. The van der Waals surface area contributed by atoms with Crippen LogP contribution in [0.2, 0.25) is 5.02 Å². The molecule has 4 nitrogen and oxygen atoms in total. The van der Waals surface area contributed by atoms with Crippen molar-refractivity contribution in [3.63, 3.8) is 0 Å². The molecule has 20 heavy (non-hydrogen) atoms. The monoisotopic (exact) mass is 286 g/mol. The van der Waals surface area contributed by atoms with Gasteiger partial charge in [0.2, 0.25) is 0 Å². The predicted octanol–water partition coefficient (Wildman–Crippen LogP) is 3.62. The van der Waals surface area contributed by atoms with Gasteiger partial charge in [-0.05, 0) is 31.2 Å². The van der Waals surface area contributed by atoms with Crippen LogP contribution < -0.4 is 0 Å². The number of H-pyrrole nitrogens is 1. The SMILES string of the molecule is CC(c1nnc(-c2ccccc2Cl)[nH]1)c1cccn1C. The van der Waals surface area contributed by atoms with Crippen LogP contribution in [0.4, 0.5) is 0 Å². The lowest BCUT2D eigenvalue weighted by molar-refractivity contribution is 0.731. The highest BCUT2D eigenvalue weighted by atomic mass is 35.5. The van der Waals surface area contributed by atoms with Crippen molar-refractivity contribution in [2.24, 2.45) is 7.05 Å². The maximum atomic E-state index is 6.18. The molecule has 2 heterocycles. The first-order chi connectivity index (χ1) is 9.66. The number of aromatic amines is 1. The fourth-order valence-corrected chi connectivity index (χ4v) is 2.53. The summed E-state index contributed by atoms with van der Waals surface area (Å²) < 4.78 is 2.09. The van der Waals surface area contributed by atoms with Crippen LogP contribution in [0.25, 0.3) is 11.4 Å². The van der Waals surface area contributed by atoms with Crippen LogP contribution in [0.5, 0.6) is 0 Å². The first-order valence-corrected chi connectivity index (χ1v) is 6.83. The van der Waals surface area contributed by atoms with E-state index in [2.05, 4.69) is 32.7 Å². The van der Waals surface area contributed by atoms with Gasteiger partial charge in [0.25, 0.3) is 0 Å². The lowest BCUT2D eigenvalue weighted by Crippen LogP contribution is -2.04. The average molecular weight is 287 g/mol. The third kappa shape index (κ3) is 2.23. The zero-order valence-electron chi connectivity index (χ0n) is 11.3. The number of aromatic nitrogens is 4. The van der Waals surface area contributed by atoms with E-state index in [0.717, 1.165) is 11.4 Å². The summed E-state index contributed by atoms with van der Waals surface area (Å²) in [6.45, 7) is 2.10. The smallest absolute Gasteiger partial charge is 0.162 e. The minimum atomic E-state index is 0.152. The summed E-state index contributed by atoms with van der Waals surface area (Å²) in [5.41, 5.74) is 2.05. The summed E-state index contributed by atoms with van der Waals surface area (Å²) in [5, 5.41) is 9.13. The van der Waals surface area contributed by atoms with Crippen molar-refractivity contribution in [3.8, 4) is 11.4 Å². The maximum Gasteiger partial charge on any atom is 0.162 e. The maximum absolute atomic E-state index is 6.18. The lowest BCUT2D eigenvalue weighted by Gasteiger charge is -2.09. The van der Waals surface area contributed by atoms with Crippen molar-refractivity contribution in [3.05, 3.63) is 59.1 Å².